The number of rotatable bonds is 3. The zero-order valence-corrected chi connectivity index (χ0v) is 11.6. The second kappa shape index (κ2) is 4.47. The fourth-order valence-corrected chi connectivity index (χ4v) is 2.95. The highest BCUT2D eigenvalue weighted by Crippen LogP contribution is 2.43. The van der Waals surface area contributed by atoms with Gasteiger partial charge >= 0.3 is 0 Å². The molecule has 1 atom stereocenters. The molecule has 0 radical (unpaired) electrons. The fourth-order valence-electron chi connectivity index (χ4n) is 2.95. The van der Waals surface area contributed by atoms with E-state index in [1.165, 1.54) is 6.08 Å². The van der Waals surface area contributed by atoms with Crippen molar-refractivity contribution in [3.8, 4) is 0 Å². The Morgan fingerprint density at radius 2 is 2.19 bits per heavy atom. The van der Waals surface area contributed by atoms with Crippen molar-refractivity contribution in [2.45, 2.75) is 18.3 Å². The van der Waals surface area contributed by atoms with Crippen molar-refractivity contribution in [1.82, 2.24) is 9.78 Å². The summed E-state index contributed by atoms with van der Waals surface area (Å²) in [6.07, 6.45) is 5.89. The number of amides is 2. The number of primary amides is 2. The second-order valence-electron chi connectivity index (χ2n) is 5.37. The standard InChI is InChI=1S/C14H16N4O3/c1-18-7-9(6-17-18)14(13(16)20)4-8-2-3-21-11(8)10(5-14)12(15)19/h5-7H,2-4H2,1H3,(H2,15,19)(H2,16,20). The molecule has 1 unspecified atom stereocenters. The molecule has 21 heavy (non-hydrogen) atoms. The minimum atomic E-state index is -1.11. The van der Waals surface area contributed by atoms with Gasteiger partial charge in [-0.15, -0.1) is 0 Å². The molecule has 7 nitrogen and oxygen atoms in total. The fraction of sp³-hybridized carbons (Fsp3) is 0.357. The molecular formula is C14H16N4O3. The van der Waals surface area contributed by atoms with Crippen LogP contribution in [0.15, 0.2) is 35.4 Å². The number of nitrogens with two attached hydrogens (primary N) is 2. The molecule has 0 bridgehead atoms. The van der Waals surface area contributed by atoms with Crippen LogP contribution < -0.4 is 11.5 Å². The molecule has 0 aromatic carbocycles. The lowest BCUT2D eigenvalue weighted by molar-refractivity contribution is -0.122. The first-order valence-corrected chi connectivity index (χ1v) is 6.61. The first-order chi connectivity index (χ1) is 9.94. The molecule has 110 valence electrons. The van der Waals surface area contributed by atoms with E-state index in [0.717, 1.165) is 5.57 Å². The average molecular weight is 288 g/mol. The van der Waals surface area contributed by atoms with E-state index in [-0.39, 0.29) is 5.57 Å². The van der Waals surface area contributed by atoms with Crippen LogP contribution in [-0.4, -0.2) is 28.2 Å². The predicted octanol–water partition coefficient (Wildman–Crippen LogP) is -0.367. The van der Waals surface area contributed by atoms with E-state index in [0.29, 0.717) is 30.8 Å². The van der Waals surface area contributed by atoms with Crippen molar-refractivity contribution in [1.29, 1.82) is 0 Å². The third-order valence-corrected chi connectivity index (χ3v) is 4.02. The Hall–Kier alpha value is -2.57. The van der Waals surface area contributed by atoms with Crippen molar-refractivity contribution in [2.24, 2.45) is 18.5 Å². The van der Waals surface area contributed by atoms with Gasteiger partial charge in [0.05, 0.1) is 23.8 Å². The topological polar surface area (TPSA) is 113 Å². The highest BCUT2D eigenvalue weighted by Gasteiger charge is 2.45. The molecule has 0 saturated heterocycles. The Kier molecular flexibility index (Phi) is 2.86. The third-order valence-electron chi connectivity index (χ3n) is 4.02. The van der Waals surface area contributed by atoms with Gasteiger partial charge in [0.2, 0.25) is 5.91 Å². The van der Waals surface area contributed by atoms with Crippen molar-refractivity contribution < 1.29 is 14.3 Å². The number of carbonyl (C=O) groups is 2. The van der Waals surface area contributed by atoms with Crippen LogP contribution in [-0.2, 0) is 26.8 Å². The first-order valence-electron chi connectivity index (χ1n) is 6.61. The lowest BCUT2D eigenvalue weighted by Gasteiger charge is -2.31. The summed E-state index contributed by atoms with van der Waals surface area (Å²) in [6, 6.07) is 0. The van der Waals surface area contributed by atoms with Gasteiger partial charge in [0.1, 0.15) is 5.76 Å². The smallest absolute Gasteiger partial charge is 0.252 e. The van der Waals surface area contributed by atoms with E-state index < -0.39 is 17.2 Å². The van der Waals surface area contributed by atoms with Gasteiger partial charge in [-0.05, 0) is 18.1 Å². The van der Waals surface area contributed by atoms with E-state index in [9.17, 15) is 9.59 Å². The zero-order chi connectivity index (χ0) is 15.2. The molecule has 1 aromatic rings. The summed E-state index contributed by atoms with van der Waals surface area (Å²) in [5.74, 6) is -0.658. The van der Waals surface area contributed by atoms with Crippen molar-refractivity contribution in [3.05, 3.63) is 40.9 Å². The van der Waals surface area contributed by atoms with Gasteiger partial charge in [-0.3, -0.25) is 14.3 Å². The molecule has 7 heteroatoms. The molecule has 1 aromatic heterocycles. The molecule has 0 fully saturated rings. The molecule has 4 N–H and O–H groups in total. The SMILES string of the molecule is Cn1cc(C2(C(N)=O)C=C(C(N)=O)C3=C(CCO3)C2)cn1. The minimum Gasteiger partial charge on any atom is -0.492 e. The third kappa shape index (κ3) is 1.93. The Morgan fingerprint density at radius 1 is 1.43 bits per heavy atom. The average Bonchev–Trinajstić information content (AvgIpc) is 3.05. The molecule has 2 heterocycles. The van der Waals surface area contributed by atoms with E-state index in [1.807, 2.05) is 0 Å². The van der Waals surface area contributed by atoms with Crippen LogP contribution >= 0.6 is 0 Å². The molecule has 3 rings (SSSR count). The summed E-state index contributed by atoms with van der Waals surface area (Å²) >= 11 is 0. The monoisotopic (exact) mass is 288 g/mol. The first kappa shape index (κ1) is 13.4. The van der Waals surface area contributed by atoms with E-state index in [2.05, 4.69) is 5.10 Å². The second-order valence-corrected chi connectivity index (χ2v) is 5.37. The summed E-state index contributed by atoms with van der Waals surface area (Å²) in [4.78, 5) is 23.9. The number of hydrogen-bond donors (Lipinski definition) is 2. The molecule has 0 spiro atoms. The molecule has 2 aliphatic rings. The quantitative estimate of drug-likeness (QED) is 0.790. The van der Waals surface area contributed by atoms with Gasteiger partial charge in [0.15, 0.2) is 0 Å². The van der Waals surface area contributed by atoms with Crippen LogP contribution in [0, 0.1) is 0 Å². The number of hydrogen-bond acceptors (Lipinski definition) is 4. The van der Waals surface area contributed by atoms with Gasteiger partial charge < -0.3 is 16.2 Å². The van der Waals surface area contributed by atoms with Crippen LogP contribution in [0.4, 0.5) is 0 Å². The number of carbonyl (C=O) groups excluding carboxylic acids is 2. The maximum atomic E-state index is 12.2. The predicted molar refractivity (Wildman–Crippen MR) is 73.6 cm³/mol. The Balaban J connectivity index is 2.19. The Morgan fingerprint density at radius 3 is 2.76 bits per heavy atom. The normalized spacial score (nSPS) is 24.3. The summed E-state index contributed by atoms with van der Waals surface area (Å²) < 4.78 is 7.07. The Labute approximate surface area is 121 Å². The largest absolute Gasteiger partial charge is 0.492 e. The maximum Gasteiger partial charge on any atom is 0.252 e. The summed E-state index contributed by atoms with van der Waals surface area (Å²) in [5, 5.41) is 4.09. The van der Waals surface area contributed by atoms with E-state index in [4.69, 9.17) is 16.2 Å². The summed E-state index contributed by atoms with van der Waals surface area (Å²) in [5.41, 5.74) is 11.7. The van der Waals surface area contributed by atoms with Gasteiger partial charge in [0.25, 0.3) is 5.91 Å². The van der Waals surface area contributed by atoms with E-state index >= 15 is 0 Å². The van der Waals surface area contributed by atoms with Crippen molar-refractivity contribution in [2.75, 3.05) is 6.61 Å². The molecule has 1 aliphatic carbocycles. The molecule has 0 saturated carbocycles. The highest BCUT2D eigenvalue weighted by atomic mass is 16.5. The van der Waals surface area contributed by atoms with Crippen LogP contribution in [0.1, 0.15) is 18.4 Å². The summed E-state index contributed by atoms with van der Waals surface area (Å²) in [7, 11) is 1.75. The molecule has 2 amide bonds. The van der Waals surface area contributed by atoms with Crippen LogP contribution in [0.25, 0.3) is 0 Å². The van der Waals surface area contributed by atoms with Gasteiger partial charge in [0, 0.05) is 25.2 Å². The van der Waals surface area contributed by atoms with E-state index in [1.54, 1.807) is 24.1 Å². The number of ether oxygens (including phenoxy) is 1. The van der Waals surface area contributed by atoms with Crippen LogP contribution in [0.3, 0.4) is 0 Å². The Bertz CT molecular complexity index is 701. The lowest BCUT2D eigenvalue weighted by atomic mass is 9.71. The molecular weight excluding hydrogens is 272 g/mol. The number of aryl methyl sites for hydroxylation is 1. The molecule has 1 aliphatic heterocycles. The summed E-state index contributed by atoms with van der Waals surface area (Å²) in [6.45, 7) is 0.483. The lowest BCUT2D eigenvalue weighted by Crippen LogP contribution is -2.42. The van der Waals surface area contributed by atoms with Crippen molar-refractivity contribution in [3.63, 3.8) is 0 Å². The van der Waals surface area contributed by atoms with Gasteiger partial charge in [-0.25, -0.2) is 0 Å². The number of aromatic nitrogens is 2. The zero-order valence-electron chi connectivity index (χ0n) is 11.6. The van der Waals surface area contributed by atoms with Gasteiger partial charge in [-0.2, -0.15) is 5.10 Å². The number of nitrogens with zero attached hydrogens (tertiary/aromatic N) is 2. The maximum absolute atomic E-state index is 12.2. The van der Waals surface area contributed by atoms with Crippen LogP contribution in [0.2, 0.25) is 0 Å². The highest BCUT2D eigenvalue weighted by molar-refractivity contribution is 6.00. The van der Waals surface area contributed by atoms with Gasteiger partial charge in [-0.1, -0.05) is 0 Å². The van der Waals surface area contributed by atoms with Crippen molar-refractivity contribution >= 4 is 11.8 Å². The minimum absolute atomic E-state index is 0.219. The van der Waals surface area contributed by atoms with Crippen LogP contribution in [0.5, 0.6) is 0 Å².